The van der Waals surface area contributed by atoms with Crippen molar-refractivity contribution in [3.8, 4) is 5.75 Å². The zero-order valence-corrected chi connectivity index (χ0v) is 17.1. The maximum Gasteiger partial charge on any atom is 0.267 e. The number of benzene rings is 1. The second-order valence-electron chi connectivity index (χ2n) is 7.07. The summed E-state index contributed by atoms with van der Waals surface area (Å²) in [5.74, 6) is 1.39. The number of nitrogens with one attached hydrogen (secondary N) is 3. The summed E-state index contributed by atoms with van der Waals surface area (Å²) in [5, 5.41) is 23.1. The number of aromatic nitrogens is 5. The van der Waals surface area contributed by atoms with E-state index in [1.807, 2.05) is 18.2 Å². The van der Waals surface area contributed by atoms with Gasteiger partial charge in [-0.3, -0.25) is 9.89 Å². The summed E-state index contributed by atoms with van der Waals surface area (Å²) < 4.78 is 0. The van der Waals surface area contributed by atoms with Crippen molar-refractivity contribution < 1.29 is 9.90 Å². The fraction of sp³-hybridized carbons (Fsp3) is 0.136. The summed E-state index contributed by atoms with van der Waals surface area (Å²) >= 11 is 0. The second kappa shape index (κ2) is 9.56. The van der Waals surface area contributed by atoms with Crippen LogP contribution in [0.25, 0.3) is 0 Å². The van der Waals surface area contributed by atoms with Crippen LogP contribution < -0.4 is 16.4 Å². The molecule has 0 aliphatic rings. The lowest BCUT2D eigenvalue weighted by Crippen LogP contribution is -2.14. The Morgan fingerprint density at radius 2 is 1.91 bits per heavy atom. The first kappa shape index (κ1) is 20.8. The molecule has 0 bridgehead atoms. The van der Waals surface area contributed by atoms with Gasteiger partial charge in [0.25, 0.3) is 5.91 Å². The number of carbonyl (C=O) groups is 1. The van der Waals surface area contributed by atoms with E-state index in [9.17, 15) is 9.90 Å². The molecule has 1 aromatic carbocycles. The van der Waals surface area contributed by atoms with Gasteiger partial charge in [-0.05, 0) is 48.7 Å². The quantitative estimate of drug-likeness (QED) is 0.271. The molecule has 32 heavy (non-hydrogen) atoms. The Morgan fingerprint density at radius 1 is 1.03 bits per heavy atom. The van der Waals surface area contributed by atoms with Crippen LogP contribution in [0.2, 0.25) is 0 Å². The zero-order valence-electron chi connectivity index (χ0n) is 17.1. The SMILES string of the molecule is NC(=O)c1cccc(CNc2nccc(Nc3cc(CCc4cccc(O)c4)n[nH]3)n2)n1. The topological polar surface area (TPSA) is 155 Å². The van der Waals surface area contributed by atoms with Gasteiger partial charge in [-0.25, -0.2) is 9.97 Å². The van der Waals surface area contributed by atoms with Gasteiger partial charge in [-0.15, -0.1) is 0 Å². The minimum atomic E-state index is -0.574. The number of hydrogen-bond donors (Lipinski definition) is 5. The van der Waals surface area contributed by atoms with E-state index in [0.29, 0.717) is 29.8 Å². The van der Waals surface area contributed by atoms with Crippen LogP contribution in [0.5, 0.6) is 5.75 Å². The molecule has 4 aromatic rings. The number of aromatic hydroxyl groups is 1. The van der Waals surface area contributed by atoms with Crippen LogP contribution in [0.1, 0.15) is 27.4 Å². The predicted molar refractivity (Wildman–Crippen MR) is 119 cm³/mol. The number of primary amides is 1. The van der Waals surface area contributed by atoms with Crippen LogP contribution in [0.4, 0.5) is 17.6 Å². The molecule has 0 atom stereocenters. The molecule has 0 spiro atoms. The van der Waals surface area contributed by atoms with Crippen LogP contribution in [-0.2, 0) is 19.4 Å². The van der Waals surface area contributed by atoms with E-state index >= 15 is 0 Å². The van der Waals surface area contributed by atoms with Crippen LogP contribution in [0.3, 0.4) is 0 Å². The number of carbonyl (C=O) groups excluding carboxylic acids is 1. The van der Waals surface area contributed by atoms with E-state index in [-0.39, 0.29) is 11.4 Å². The number of phenolic OH excluding ortho intramolecular Hbond substituents is 1. The third-order valence-electron chi connectivity index (χ3n) is 4.62. The summed E-state index contributed by atoms with van der Waals surface area (Å²) in [5.41, 5.74) is 8.06. The van der Waals surface area contributed by atoms with Gasteiger partial charge in [0.05, 0.1) is 17.9 Å². The second-order valence-corrected chi connectivity index (χ2v) is 7.07. The van der Waals surface area contributed by atoms with Crippen LogP contribution in [0.15, 0.2) is 60.8 Å². The maximum atomic E-state index is 11.3. The molecule has 162 valence electrons. The molecule has 0 fully saturated rings. The molecule has 0 saturated heterocycles. The van der Waals surface area contributed by atoms with Gasteiger partial charge in [0.15, 0.2) is 0 Å². The van der Waals surface area contributed by atoms with Crippen molar-refractivity contribution in [3.05, 3.63) is 83.4 Å². The van der Waals surface area contributed by atoms with Gasteiger partial charge in [0, 0.05) is 12.3 Å². The molecule has 4 rings (SSSR count). The lowest BCUT2D eigenvalue weighted by atomic mass is 10.1. The lowest BCUT2D eigenvalue weighted by molar-refractivity contribution is 0.0995. The third-order valence-corrected chi connectivity index (χ3v) is 4.62. The number of anilines is 3. The highest BCUT2D eigenvalue weighted by atomic mass is 16.3. The molecule has 3 aromatic heterocycles. The first-order valence-corrected chi connectivity index (χ1v) is 9.97. The number of nitrogens with zero attached hydrogens (tertiary/aromatic N) is 4. The van der Waals surface area contributed by atoms with Crippen molar-refractivity contribution >= 4 is 23.5 Å². The van der Waals surface area contributed by atoms with Gasteiger partial charge in [0.1, 0.15) is 23.1 Å². The number of nitrogens with two attached hydrogens (primary N) is 1. The molecule has 0 radical (unpaired) electrons. The minimum Gasteiger partial charge on any atom is -0.508 e. The van der Waals surface area contributed by atoms with E-state index in [2.05, 4.69) is 35.8 Å². The highest BCUT2D eigenvalue weighted by molar-refractivity contribution is 5.90. The molecule has 0 aliphatic heterocycles. The third kappa shape index (κ3) is 5.57. The molecule has 0 saturated carbocycles. The fourth-order valence-electron chi connectivity index (χ4n) is 3.08. The van der Waals surface area contributed by atoms with Gasteiger partial charge >= 0.3 is 0 Å². The summed E-state index contributed by atoms with van der Waals surface area (Å²) in [4.78, 5) is 24.1. The largest absolute Gasteiger partial charge is 0.508 e. The van der Waals surface area contributed by atoms with Crippen LogP contribution >= 0.6 is 0 Å². The average molecular weight is 430 g/mol. The van der Waals surface area contributed by atoms with Crippen molar-refractivity contribution in [2.24, 2.45) is 5.73 Å². The van der Waals surface area contributed by atoms with Crippen molar-refractivity contribution in [1.82, 2.24) is 25.1 Å². The molecular formula is C22H22N8O2. The molecule has 10 nitrogen and oxygen atoms in total. The van der Waals surface area contributed by atoms with E-state index in [0.717, 1.165) is 24.1 Å². The van der Waals surface area contributed by atoms with Crippen molar-refractivity contribution in [3.63, 3.8) is 0 Å². The summed E-state index contributed by atoms with van der Waals surface area (Å²) in [6.07, 6.45) is 3.13. The Bertz CT molecular complexity index is 1220. The van der Waals surface area contributed by atoms with Crippen molar-refractivity contribution in [2.75, 3.05) is 10.6 Å². The molecular weight excluding hydrogens is 408 g/mol. The number of hydrogen-bond acceptors (Lipinski definition) is 8. The monoisotopic (exact) mass is 430 g/mol. The Hall–Kier alpha value is -4.47. The summed E-state index contributed by atoms with van der Waals surface area (Å²) in [6, 6.07) is 15.9. The van der Waals surface area contributed by atoms with Crippen molar-refractivity contribution in [1.29, 1.82) is 0 Å². The van der Waals surface area contributed by atoms with Gasteiger partial charge < -0.3 is 21.5 Å². The van der Waals surface area contributed by atoms with E-state index in [4.69, 9.17) is 5.73 Å². The normalized spacial score (nSPS) is 10.6. The van der Waals surface area contributed by atoms with Gasteiger partial charge in [-0.2, -0.15) is 10.1 Å². The molecule has 0 unspecified atom stereocenters. The highest BCUT2D eigenvalue weighted by Gasteiger charge is 2.07. The molecule has 6 N–H and O–H groups in total. The average Bonchev–Trinajstić information content (AvgIpc) is 3.24. The first-order chi connectivity index (χ1) is 15.5. The number of rotatable bonds is 9. The number of H-pyrrole nitrogens is 1. The Balaban J connectivity index is 1.34. The lowest BCUT2D eigenvalue weighted by Gasteiger charge is -2.07. The number of amides is 1. The van der Waals surface area contributed by atoms with Gasteiger partial charge in [-0.1, -0.05) is 18.2 Å². The maximum absolute atomic E-state index is 11.3. The van der Waals surface area contributed by atoms with Crippen LogP contribution in [0, 0.1) is 0 Å². The predicted octanol–water partition coefficient (Wildman–Crippen LogP) is 2.54. The summed E-state index contributed by atoms with van der Waals surface area (Å²) in [7, 11) is 0. The van der Waals surface area contributed by atoms with E-state index in [1.165, 1.54) is 0 Å². The Labute approximate surface area is 184 Å². The number of aryl methyl sites for hydroxylation is 2. The van der Waals surface area contributed by atoms with Crippen molar-refractivity contribution in [2.45, 2.75) is 19.4 Å². The molecule has 0 aliphatic carbocycles. The standard InChI is InChI=1S/C22H22N8O2/c23-21(32)18-6-2-4-16(26-18)13-25-22-24-10-9-19(28-22)27-20-12-15(29-30-20)8-7-14-3-1-5-17(31)11-14/h1-6,9-12,31H,7-8,13H2,(H2,23,32)(H3,24,25,27,28,29,30). The smallest absolute Gasteiger partial charge is 0.267 e. The molecule has 10 heteroatoms. The van der Waals surface area contributed by atoms with Gasteiger partial charge in [0.2, 0.25) is 5.95 Å². The number of pyridine rings is 1. The fourth-order valence-corrected chi connectivity index (χ4v) is 3.08. The molecule has 3 heterocycles. The molecule has 1 amide bonds. The zero-order chi connectivity index (χ0) is 22.3. The summed E-state index contributed by atoms with van der Waals surface area (Å²) in [6.45, 7) is 0.341. The highest BCUT2D eigenvalue weighted by Crippen LogP contribution is 2.17. The number of phenols is 1. The number of aromatic amines is 1. The van der Waals surface area contributed by atoms with E-state index in [1.54, 1.807) is 42.6 Å². The van der Waals surface area contributed by atoms with Crippen LogP contribution in [-0.4, -0.2) is 36.2 Å². The minimum absolute atomic E-state index is 0.208. The first-order valence-electron chi connectivity index (χ1n) is 9.97. The van der Waals surface area contributed by atoms with E-state index < -0.39 is 5.91 Å². The Kier molecular flexibility index (Phi) is 6.21. The Morgan fingerprint density at radius 3 is 2.75 bits per heavy atom.